The van der Waals surface area contributed by atoms with Crippen LogP contribution in [0.5, 0.6) is 5.88 Å². The van der Waals surface area contributed by atoms with Crippen molar-refractivity contribution in [3.63, 3.8) is 0 Å². The van der Waals surface area contributed by atoms with Gasteiger partial charge in [0.2, 0.25) is 5.88 Å². The van der Waals surface area contributed by atoms with Gasteiger partial charge in [0.1, 0.15) is 0 Å². The van der Waals surface area contributed by atoms with Gasteiger partial charge in [-0.3, -0.25) is 0 Å². The van der Waals surface area contributed by atoms with Crippen molar-refractivity contribution in [1.29, 1.82) is 0 Å². The summed E-state index contributed by atoms with van der Waals surface area (Å²) in [4.78, 5) is 7.42. The molecule has 4 nitrogen and oxygen atoms in total. The Morgan fingerprint density at radius 2 is 2.20 bits per heavy atom. The third-order valence-electron chi connectivity index (χ3n) is 2.59. The maximum atomic E-state index is 6.16. The molecule has 1 aromatic carbocycles. The SMILES string of the molecule is COc1nc(N(C)C)sc1CNc1cc(Br)ccc1Cl. The summed E-state index contributed by atoms with van der Waals surface area (Å²) in [6.07, 6.45) is 0. The van der Waals surface area contributed by atoms with Gasteiger partial charge in [-0.05, 0) is 18.2 Å². The smallest absolute Gasteiger partial charge is 0.231 e. The predicted molar refractivity (Wildman–Crippen MR) is 89.5 cm³/mol. The molecule has 0 aliphatic rings. The molecule has 0 bridgehead atoms. The van der Waals surface area contributed by atoms with Crippen LogP contribution in [-0.2, 0) is 6.54 Å². The summed E-state index contributed by atoms with van der Waals surface area (Å²) in [5, 5.41) is 4.91. The summed E-state index contributed by atoms with van der Waals surface area (Å²) < 4.78 is 6.29. The van der Waals surface area contributed by atoms with Crippen LogP contribution in [0.15, 0.2) is 22.7 Å². The van der Waals surface area contributed by atoms with E-state index in [-0.39, 0.29) is 0 Å². The van der Waals surface area contributed by atoms with E-state index in [0.717, 1.165) is 20.2 Å². The van der Waals surface area contributed by atoms with Crippen molar-refractivity contribution in [3.05, 3.63) is 32.6 Å². The molecule has 0 atom stereocenters. The lowest BCUT2D eigenvalue weighted by Gasteiger charge is -2.08. The number of rotatable bonds is 5. The summed E-state index contributed by atoms with van der Waals surface area (Å²) >= 11 is 11.2. The Kier molecular flexibility index (Phi) is 5.12. The lowest BCUT2D eigenvalue weighted by molar-refractivity contribution is 0.397. The molecular formula is C13H15BrClN3OS. The molecule has 0 spiro atoms. The van der Waals surface area contributed by atoms with Gasteiger partial charge in [0.25, 0.3) is 0 Å². The quantitative estimate of drug-likeness (QED) is 0.846. The van der Waals surface area contributed by atoms with Crippen LogP contribution in [0.1, 0.15) is 4.88 Å². The number of ether oxygens (including phenoxy) is 1. The summed E-state index contributed by atoms with van der Waals surface area (Å²) in [6, 6.07) is 5.71. The number of nitrogens with zero attached hydrogens (tertiary/aromatic N) is 2. The number of aromatic nitrogens is 1. The molecule has 7 heteroatoms. The van der Waals surface area contributed by atoms with E-state index in [1.165, 1.54) is 0 Å². The van der Waals surface area contributed by atoms with Gasteiger partial charge in [-0.15, -0.1) is 0 Å². The summed E-state index contributed by atoms with van der Waals surface area (Å²) in [5.41, 5.74) is 0.878. The molecule has 0 saturated carbocycles. The van der Waals surface area contributed by atoms with E-state index in [1.54, 1.807) is 18.4 Å². The van der Waals surface area contributed by atoms with Crippen molar-refractivity contribution >= 4 is 49.7 Å². The average Bonchev–Trinajstić information content (AvgIpc) is 2.83. The number of halogens is 2. The minimum absolute atomic E-state index is 0.616. The molecule has 0 saturated heterocycles. The number of benzene rings is 1. The number of hydrogen-bond donors (Lipinski definition) is 1. The fraction of sp³-hybridized carbons (Fsp3) is 0.308. The van der Waals surface area contributed by atoms with Crippen LogP contribution in [-0.4, -0.2) is 26.2 Å². The molecule has 2 aromatic rings. The van der Waals surface area contributed by atoms with Gasteiger partial charge >= 0.3 is 0 Å². The Bertz CT molecular complexity index is 603. The van der Waals surface area contributed by atoms with Gasteiger partial charge in [0.15, 0.2) is 5.13 Å². The van der Waals surface area contributed by atoms with Crippen LogP contribution in [0.2, 0.25) is 5.02 Å². The Morgan fingerprint density at radius 1 is 1.45 bits per heavy atom. The summed E-state index contributed by atoms with van der Waals surface area (Å²) in [5.74, 6) is 0.650. The predicted octanol–water partition coefficient (Wildman–Crippen LogP) is 4.25. The molecule has 0 radical (unpaired) electrons. The van der Waals surface area contributed by atoms with Gasteiger partial charge in [0.05, 0.1) is 29.2 Å². The van der Waals surface area contributed by atoms with E-state index < -0.39 is 0 Å². The van der Waals surface area contributed by atoms with E-state index in [4.69, 9.17) is 16.3 Å². The Balaban J connectivity index is 2.16. The molecule has 0 aliphatic carbocycles. The standard InChI is InChI=1S/C13H15BrClN3OS/c1-18(2)13-17-12(19-3)11(20-13)7-16-10-6-8(14)4-5-9(10)15/h4-6,16H,7H2,1-3H3. The third-order valence-corrected chi connectivity index (χ3v) is 4.62. The van der Waals surface area contributed by atoms with Crippen molar-refractivity contribution in [2.24, 2.45) is 0 Å². The lowest BCUT2D eigenvalue weighted by Crippen LogP contribution is -2.07. The van der Waals surface area contributed by atoms with Crippen LogP contribution in [0.4, 0.5) is 10.8 Å². The Labute approximate surface area is 135 Å². The largest absolute Gasteiger partial charge is 0.480 e. The first-order valence-corrected chi connectivity index (χ1v) is 7.90. The van der Waals surface area contributed by atoms with Crippen molar-refractivity contribution in [2.45, 2.75) is 6.54 Å². The van der Waals surface area contributed by atoms with Gasteiger partial charge < -0.3 is 15.0 Å². The molecule has 0 amide bonds. The summed E-state index contributed by atoms with van der Waals surface area (Å²) in [6.45, 7) is 0.616. The first-order chi connectivity index (χ1) is 9.51. The Hall–Kier alpha value is -0.980. The topological polar surface area (TPSA) is 37.4 Å². The second-order valence-corrected chi connectivity index (χ2v) is 6.69. The van der Waals surface area contributed by atoms with E-state index in [9.17, 15) is 0 Å². The second-order valence-electron chi connectivity index (χ2n) is 4.30. The molecule has 1 aromatic heterocycles. The van der Waals surface area contributed by atoms with Crippen LogP contribution < -0.4 is 15.0 Å². The van der Waals surface area contributed by atoms with Gasteiger partial charge in [0, 0.05) is 18.6 Å². The third kappa shape index (κ3) is 3.56. The maximum absolute atomic E-state index is 6.16. The van der Waals surface area contributed by atoms with Crippen LogP contribution in [0, 0.1) is 0 Å². The first kappa shape index (κ1) is 15.4. The highest BCUT2D eigenvalue weighted by Gasteiger charge is 2.13. The van der Waals surface area contributed by atoms with Crippen LogP contribution in [0.3, 0.4) is 0 Å². The highest BCUT2D eigenvalue weighted by molar-refractivity contribution is 9.10. The average molecular weight is 377 g/mol. The van der Waals surface area contributed by atoms with E-state index in [0.29, 0.717) is 17.4 Å². The number of nitrogens with one attached hydrogen (secondary N) is 1. The van der Waals surface area contributed by atoms with Crippen LogP contribution in [0.25, 0.3) is 0 Å². The fourth-order valence-electron chi connectivity index (χ4n) is 1.60. The highest BCUT2D eigenvalue weighted by Crippen LogP contribution is 2.32. The van der Waals surface area contributed by atoms with E-state index in [1.807, 2.05) is 37.2 Å². The first-order valence-electron chi connectivity index (χ1n) is 5.91. The van der Waals surface area contributed by atoms with E-state index in [2.05, 4.69) is 26.2 Å². The monoisotopic (exact) mass is 375 g/mol. The zero-order chi connectivity index (χ0) is 14.7. The van der Waals surface area contributed by atoms with Crippen LogP contribution >= 0.6 is 38.9 Å². The molecule has 0 aliphatic heterocycles. The number of methoxy groups -OCH3 is 1. The Morgan fingerprint density at radius 3 is 2.85 bits per heavy atom. The van der Waals surface area contributed by atoms with E-state index >= 15 is 0 Å². The molecule has 0 fully saturated rings. The van der Waals surface area contributed by atoms with Gasteiger partial charge in [-0.1, -0.05) is 38.9 Å². The highest BCUT2D eigenvalue weighted by atomic mass is 79.9. The zero-order valence-electron chi connectivity index (χ0n) is 11.4. The van der Waals surface area contributed by atoms with Gasteiger partial charge in [-0.2, -0.15) is 4.98 Å². The number of anilines is 2. The number of hydrogen-bond acceptors (Lipinski definition) is 5. The van der Waals surface area contributed by atoms with Crippen molar-refractivity contribution in [3.8, 4) is 5.88 Å². The van der Waals surface area contributed by atoms with Crippen molar-refractivity contribution in [1.82, 2.24) is 4.98 Å². The second kappa shape index (κ2) is 6.65. The number of thiazole rings is 1. The minimum Gasteiger partial charge on any atom is -0.480 e. The van der Waals surface area contributed by atoms with Crippen molar-refractivity contribution < 1.29 is 4.74 Å². The maximum Gasteiger partial charge on any atom is 0.231 e. The normalized spacial score (nSPS) is 10.4. The van der Waals surface area contributed by atoms with Crippen molar-refractivity contribution in [2.75, 3.05) is 31.4 Å². The summed E-state index contributed by atoms with van der Waals surface area (Å²) in [7, 11) is 5.55. The molecule has 1 N–H and O–H groups in total. The minimum atomic E-state index is 0.616. The zero-order valence-corrected chi connectivity index (χ0v) is 14.6. The molecule has 108 valence electrons. The fourth-order valence-corrected chi connectivity index (χ4v) is 3.03. The molecule has 20 heavy (non-hydrogen) atoms. The lowest BCUT2D eigenvalue weighted by atomic mass is 10.3. The molecule has 2 rings (SSSR count). The van der Waals surface area contributed by atoms with Gasteiger partial charge in [-0.25, -0.2) is 0 Å². The molecule has 1 heterocycles. The molecule has 0 unspecified atom stereocenters. The molecular weight excluding hydrogens is 362 g/mol.